The highest BCUT2D eigenvalue weighted by Crippen LogP contribution is 2.30. The Balaban J connectivity index is 1.88. The van der Waals surface area contributed by atoms with Gasteiger partial charge in [0.2, 0.25) is 11.8 Å². The van der Waals surface area contributed by atoms with Crippen LogP contribution in [0, 0.1) is 11.3 Å². The van der Waals surface area contributed by atoms with Crippen molar-refractivity contribution < 1.29 is 9.47 Å². The minimum absolute atomic E-state index is 0.373. The summed E-state index contributed by atoms with van der Waals surface area (Å²) in [5, 5.41) is 12.9. The van der Waals surface area contributed by atoms with Gasteiger partial charge >= 0.3 is 0 Å². The number of hydrogen-bond donors (Lipinski definition) is 1. The first-order chi connectivity index (χ1) is 12.2. The lowest BCUT2D eigenvalue weighted by Gasteiger charge is -2.11. The maximum absolute atomic E-state index is 9.28. The molecule has 0 fully saturated rings. The van der Waals surface area contributed by atoms with Crippen LogP contribution >= 0.6 is 11.6 Å². The Hall–Kier alpha value is -3.30. The number of ether oxygens (including phenoxy) is 2. The third-order valence-electron chi connectivity index (χ3n) is 3.22. The van der Waals surface area contributed by atoms with Crippen LogP contribution in [0.1, 0.15) is 5.56 Å². The Labute approximate surface area is 149 Å². The van der Waals surface area contributed by atoms with Crippen LogP contribution in [0.2, 0.25) is 5.02 Å². The lowest BCUT2D eigenvalue weighted by atomic mass is 10.2. The van der Waals surface area contributed by atoms with E-state index in [1.165, 1.54) is 7.11 Å². The molecule has 0 saturated heterocycles. The zero-order chi connectivity index (χ0) is 17.6. The predicted octanol–water partition coefficient (Wildman–Crippen LogP) is 4.55. The van der Waals surface area contributed by atoms with Crippen LogP contribution in [0.5, 0.6) is 17.4 Å². The lowest BCUT2D eigenvalue weighted by Crippen LogP contribution is -1.99. The van der Waals surface area contributed by atoms with Crippen LogP contribution in [0.4, 0.5) is 11.6 Å². The van der Waals surface area contributed by atoms with E-state index < -0.39 is 0 Å². The van der Waals surface area contributed by atoms with Gasteiger partial charge in [-0.1, -0.05) is 17.7 Å². The minimum atomic E-state index is 0.373. The molecule has 0 aliphatic carbocycles. The SMILES string of the molecule is COc1ccnc(Nc2ccc(C#N)c(Oc3cccc(Cl)c3)c2)n1. The first-order valence-corrected chi connectivity index (χ1v) is 7.67. The van der Waals surface area contributed by atoms with E-state index in [1.54, 1.807) is 54.7 Å². The van der Waals surface area contributed by atoms with Crippen LogP contribution in [0.3, 0.4) is 0 Å². The van der Waals surface area contributed by atoms with Crippen molar-refractivity contribution in [1.82, 2.24) is 9.97 Å². The van der Waals surface area contributed by atoms with E-state index in [0.29, 0.717) is 39.6 Å². The van der Waals surface area contributed by atoms with Crippen LogP contribution in [0.25, 0.3) is 0 Å². The van der Waals surface area contributed by atoms with Gasteiger partial charge in [-0.2, -0.15) is 10.2 Å². The summed E-state index contributed by atoms with van der Waals surface area (Å²) in [7, 11) is 1.53. The van der Waals surface area contributed by atoms with Crippen molar-refractivity contribution in [2.24, 2.45) is 0 Å². The maximum atomic E-state index is 9.28. The predicted molar refractivity (Wildman–Crippen MR) is 94.5 cm³/mol. The molecule has 0 radical (unpaired) electrons. The second-order valence-corrected chi connectivity index (χ2v) is 5.37. The summed E-state index contributed by atoms with van der Waals surface area (Å²) in [6.45, 7) is 0. The zero-order valence-corrected chi connectivity index (χ0v) is 14.0. The molecule has 2 aromatic carbocycles. The normalized spacial score (nSPS) is 9.96. The third kappa shape index (κ3) is 4.16. The van der Waals surface area contributed by atoms with Crippen LogP contribution in [-0.4, -0.2) is 17.1 Å². The quantitative estimate of drug-likeness (QED) is 0.725. The number of anilines is 2. The first-order valence-electron chi connectivity index (χ1n) is 7.29. The van der Waals surface area contributed by atoms with Gasteiger partial charge in [0, 0.05) is 29.0 Å². The van der Waals surface area contributed by atoms with Gasteiger partial charge in [0.25, 0.3) is 0 Å². The van der Waals surface area contributed by atoms with Crippen molar-refractivity contribution in [2.45, 2.75) is 0 Å². The van der Waals surface area contributed by atoms with Gasteiger partial charge in [-0.3, -0.25) is 0 Å². The summed E-state index contributed by atoms with van der Waals surface area (Å²) in [6.07, 6.45) is 1.58. The molecule has 0 spiro atoms. The lowest BCUT2D eigenvalue weighted by molar-refractivity contribution is 0.397. The van der Waals surface area contributed by atoms with Crippen molar-refractivity contribution in [1.29, 1.82) is 5.26 Å². The van der Waals surface area contributed by atoms with E-state index in [-0.39, 0.29) is 0 Å². The summed E-state index contributed by atoms with van der Waals surface area (Å²) >= 11 is 5.97. The fourth-order valence-corrected chi connectivity index (χ4v) is 2.26. The van der Waals surface area contributed by atoms with E-state index in [0.717, 1.165) is 0 Å². The van der Waals surface area contributed by atoms with Crippen molar-refractivity contribution in [3.05, 3.63) is 65.3 Å². The molecule has 3 aromatic rings. The summed E-state index contributed by atoms with van der Waals surface area (Å²) in [5.41, 5.74) is 1.07. The Kier molecular flexibility index (Phi) is 4.97. The molecule has 0 atom stereocenters. The van der Waals surface area contributed by atoms with E-state index in [1.807, 2.05) is 0 Å². The Bertz CT molecular complexity index is 940. The summed E-state index contributed by atoms with van der Waals surface area (Å²) < 4.78 is 10.9. The van der Waals surface area contributed by atoms with Gasteiger partial charge in [-0.05, 0) is 30.3 Å². The molecule has 0 aliphatic heterocycles. The molecule has 1 aromatic heterocycles. The molecule has 0 aliphatic rings. The molecule has 1 N–H and O–H groups in total. The molecule has 1 heterocycles. The highest BCUT2D eigenvalue weighted by atomic mass is 35.5. The zero-order valence-electron chi connectivity index (χ0n) is 13.2. The molecule has 0 bridgehead atoms. The minimum Gasteiger partial charge on any atom is -0.481 e. The standard InChI is InChI=1S/C18H13ClN4O2/c1-24-17-7-8-21-18(23-17)22-14-6-5-12(11-20)16(10-14)25-15-4-2-3-13(19)9-15/h2-10H,1H3,(H,21,22,23). The molecule has 0 unspecified atom stereocenters. The number of rotatable bonds is 5. The number of nitriles is 1. The van der Waals surface area contributed by atoms with E-state index >= 15 is 0 Å². The average Bonchev–Trinajstić information content (AvgIpc) is 2.62. The molecule has 6 nitrogen and oxygen atoms in total. The monoisotopic (exact) mass is 352 g/mol. The highest BCUT2D eigenvalue weighted by Gasteiger charge is 2.08. The molecule has 7 heteroatoms. The van der Waals surface area contributed by atoms with E-state index in [4.69, 9.17) is 21.1 Å². The number of halogens is 1. The van der Waals surface area contributed by atoms with Crippen molar-refractivity contribution in [3.63, 3.8) is 0 Å². The molecular weight excluding hydrogens is 340 g/mol. The molecule has 0 saturated carbocycles. The second kappa shape index (κ2) is 7.51. The van der Waals surface area contributed by atoms with Crippen LogP contribution in [-0.2, 0) is 0 Å². The maximum Gasteiger partial charge on any atom is 0.230 e. The highest BCUT2D eigenvalue weighted by molar-refractivity contribution is 6.30. The number of nitrogens with one attached hydrogen (secondary N) is 1. The van der Waals surface area contributed by atoms with Crippen LogP contribution < -0.4 is 14.8 Å². The fourth-order valence-electron chi connectivity index (χ4n) is 2.08. The first kappa shape index (κ1) is 16.6. The van der Waals surface area contributed by atoms with Gasteiger partial charge in [0.15, 0.2) is 0 Å². The smallest absolute Gasteiger partial charge is 0.230 e. The van der Waals surface area contributed by atoms with Crippen molar-refractivity contribution >= 4 is 23.2 Å². The molecule has 124 valence electrons. The fraction of sp³-hybridized carbons (Fsp3) is 0.0556. The van der Waals surface area contributed by atoms with E-state index in [2.05, 4.69) is 21.4 Å². The molecule has 0 amide bonds. The third-order valence-corrected chi connectivity index (χ3v) is 3.46. The number of methoxy groups -OCH3 is 1. The second-order valence-electron chi connectivity index (χ2n) is 4.93. The average molecular weight is 353 g/mol. The Morgan fingerprint density at radius 1 is 1.16 bits per heavy atom. The number of aromatic nitrogens is 2. The largest absolute Gasteiger partial charge is 0.481 e. The number of hydrogen-bond acceptors (Lipinski definition) is 6. The van der Waals surface area contributed by atoms with Gasteiger partial charge in [0.05, 0.1) is 12.7 Å². The Morgan fingerprint density at radius 3 is 2.80 bits per heavy atom. The topological polar surface area (TPSA) is 80.1 Å². The summed E-state index contributed by atoms with van der Waals surface area (Å²) in [6, 6.07) is 15.8. The summed E-state index contributed by atoms with van der Waals surface area (Å²) in [5.74, 6) is 1.76. The number of benzene rings is 2. The number of nitrogens with zero attached hydrogens (tertiary/aromatic N) is 3. The summed E-state index contributed by atoms with van der Waals surface area (Å²) in [4.78, 5) is 8.31. The van der Waals surface area contributed by atoms with Gasteiger partial charge < -0.3 is 14.8 Å². The van der Waals surface area contributed by atoms with Crippen molar-refractivity contribution in [3.8, 4) is 23.4 Å². The molecule has 25 heavy (non-hydrogen) atoms. The van der Waals surface area contributed by atoms with Crippen molar-refractivity contribution in [2.75, 3.05) is 12.4 Å². The van der Waals surface area contributed by atoms with Gasteiger partial charge in [-0.15, -0.1) is 0 Å². The van der Waals surface area contributed by atoms with E-state index in [9.17, 15) is 5.26 Å². The molecule has 3 rings (SSSR count). The van der Waals surface area contributed by atoms with Gasteiger partial charge in [0.1, 0.15) is 17.6 Å². The van der Waals surface area contributed by atoms with Gasteiger partial charge in [-0.25, -0.2) is 4.98 Å². The molecular formula is C18H13ClN4O2. The van der Waals surface area contributed by atoms with Crippen LogP contribution in [0.15, 0.2) is 54.7 Å². The Morgan fingerprint density at radius 2 is 2.04 bits per heavy atom.